The van der Waals surface area contributed by atoms with Crippen LogP contribution < -0.4 is 0 Å². The van der Waals surface area contributed by atoms with Crippen molar-refractivity contribution in [2.24, 2.45) is 0 Å². The SMILES string of the molecule is COC1CCCC(OC)CN(C)C1. The zero-order valence-electron chi connectivity index (χ0n) is 8.95. The lowest BCUT2D eigenvalue weighted by Crippen LogP contribution is -2.38. The number of likely N-dealkylation sites (tertiary alicyclic amines) is 1. The smallest absolute Gasteiger partial charge is 0.0698 e. The summed E-state index contributed by atoms with van der Waals surface area (Å²) in [5.41, 5.74) is 0. The van der Waals surface area contributed by atoms with Crippen LogP contribution in [-0.4, -0.2) is 51.5 Å². The molecule has 0 amide bonds. The fourth-order valence-electron chi connectivity index (χ4n) is 1.91. The predicted octanol–water partition coefficient (Wildman–Crippen LogP) is 1.13. The highest BCUT2D eigenvalue weighted by Gasteiger charge is 2.18. The summed E-state index contributed by atoms with van der Waals surface area (Å²) in [6.07, 6.45) is 4.33. The van der Waals surface area contributed by atoms with E-state index in [2.05, 4.69) is 11.9 Å². The van der Waals surface area contributed by atoms with Crippen LogP contribution in [0.4, 0.5) is 0 Å². The van der Waals surface area contributed by atoms with E-state index in [0.29, 0.717) is 12.2 Å². The maximum Gasteiger partial charge on any atom is 0.0698 e. The van der Waals surface area contributed by atoms with Gasteiger partial charge in [0.25, 0.3) is 0 Å². The van der Waals surface area contributed by atoms with Gasteiger partial charge in [-0.25, -0.2) is 0 Å². The minimum absolute atomic E-state index is 0.405. The molecule has 0 bridgehead atoms. The maximum absolute atomic E-state index is 5.38. The van der Waals surface area contributed by atoms with Crippen molar-refractivity contribution < 1.29 is 9.47 Å². The van der Waals surface area contributed by atoms with Gasteiger partial charge < -0.3 is 14.4 Å². The number of rotatable bonds is 2. The molecule has 1 aliphatic heterocycles. The quantitative estimate of drug-likeness (QED) is 0.647. The zero-order valence-corrected chi connectivity index (χ0v) is 8.95. The monoisotopic (exact) mass is 187 g/mol. The second kappa shape index (κ2) is 5.58. The van der Waals surface area contributed by atoms with Crippen molar-refractivity contribution >= 4 is 0 Å². The average Bonchev–Trinajstić information content (AvgIpc) is 2.10. The van der Waals surface area contributed by atoms with E-state index >= 15 is 0 Å². The summed E-state index contributed by atoms with van der Waals surface area (Å²) in [5.74, 6) is 0. The van der Waals surface area contributed by atoms with E-state index in [9.17, 15) is 0 Å². The van der Waals surface area contributed by atoms with Gasteiger partial charge in [0.05, 0.1) is 12.2 Å². The molecule has 2 atom stereocenters. The molecule has 0 radical (unpaired) electrons. The van der Waals surface area contributed by atoms with Gasteiger partial charge in [-0.05, 0) is 26.3 Å². The highest BCUT2D eigenvalue weighted by atomic mass is 16.5. The molecule has 1 aliphatic rings. The van der Waals surface area contributed by atoms with Crippen molar-refractivity contribution in [2.45, 2.75) is 31.5 Å². The summed E-state index contributed by atoms with van der Waals surface area (Å²) in [4.78, 5) is 2.29. The van der Waals surface area contributed by atoms with Gasteiger partial charge >= 0.3 is 0 Å². The average molecular weight is 187 g/mol. The molecule has 2 unspecified atom stereocenters. The Labute approximate surface area is 81.0 Å². The lowest BCUT2D eigenvalue weighted by atomic mass is 10.0. The van der Waals surface area contributed by atoms with Crippen LogP contribution in [-0.2, 0) is 9.47 Å². The summed E-state index contributed by atoms with van der Waals surface area (Å²) < 4.78 is 10.8. The maximum atomic E-state index is 5.38. The van der Waals surface area contributed by atoms with Crippen LogP contribution in [0.25, 0.3) is 0 Å². The Morgan fingerprint density at radius 1 is 1.00 bits per heavy atom. The lowest BCUT2D eigenvalue weighted by molar-refractivity contribution is 0.0103. The normalized spacial score (nSPS) is 32.5. The van der Waals surface area contributed by atoms with Crippen molar-refractivity contribution in [3.05, 3.63) is 0 Å². The summed E-state index contributed by atoms with van der Waals surface area (Å²) in [6, 6.07) is 0. The number of ether oxygens (including phenoxy) is 2. The summed E-state index contributed by atoms with van der Waals surface area (Å²) in [6.45, 7) is 2.05. The van der Waals surface area contributed by atoms with E-state index in [1.807, 2.05) is 0 Å². The molecule has 13 heavy (non-hydrogen) atoms. The molecule has 1 saturated heterocycles. The second-order valence-electron chi connectivity index (χ2n) is 3.87. The third-order valence-corrected chi connectivity index (χ3v) is 2.75. The van der Waals surface area contributed by atoms with Crippen molar-refractivity contribution in [2.75, 3.05) is 34.4 Å². The van der Waals surface area contributed by atoms with Crippen LogP contribution in [0.2, 0.25) is 0 Å². The van der Waals surface area contributed by atoms with Crippen molar-refractivity contribution in [3.8, 4) is 0 Å². The van der Waals surface area contributed by atoms with Gasteiger partial charge in [0.2, 0.25) is 0 Å². The molecular formula is C10H21NO2. The lowest BCUT2D eigenvalue weighted by Gasteiger charge is -2.29. The van der Waals surface area contributed by atoms with Crippen LogP contribution in [0.3, 0.4) is 0 Å². The van der Waals surface area contributed by atoms with Gasteiger partial charge in [0.1, 0.15) is 0 Å². The Morgan fingerprint density at radius 2 is 1.46 bits per heavy atom. The summed E-state index contributed by atoms with van der Waals surface area (Å²) in [7, 11) is 5.73. The van der Waals surface area contributed by atoms with Crippen LogP contribution in [0.1, 0.15) is 19.3 Å². The minimum atomic E-state index is 0.405. The molecule has 3 nitrogen and oxygen atoms in total. The molecule has 78 valence electrons. The number of nitrogens with zero attached hydrogens (tertiary/aromatic N) is 1. The number of hydrogen-bond acceptors (Lipinski definition) is 3. The Morgan fingerprint density at radius 3 is 1.85 bits per heavy atom. The number of likely N-dealkylation sites (N-methyl/N-ethyl adjacent to an activating group) is 1. The molecule has 3 heteroatoms. The Kier molecular flexibility index (Phi) is 4.70. The molecule has 1 fully saturated rings. The first-order valence-electron chi connectivity index (χ1n) is 5.00. The number of hydrogen-bond donors (Lipinski definition) is 0. The topological polar surface area (TPSA) is 21.7 Å². The van der Waals surface area contributed by atoms with E-state index in [1.165, 1.54) is 6.42 Å². The van der Waals surface area contributed by atoms with E-state index in [1.54, 1.807) is 14.2 Å². The predicted molar refractivity (Wildman–Crippen MR) is 52.9 cm³/mol. The third-order valence-electron chi connectivity index (χ3n) is 2.75. The first kappa shape index (κ1) is 11.0. The van der Waals surface area contributed by atoms with Gasteiger partial charge in [-0.15, -0.1) is 0 Å². The van der Waals surface area contributed by atoms with E-state index in [-0.39, 0.29) is 0 Å². The van der Waals surface area contributed by atoms with Crippen molar-refractivity contribution in [3.63, 3.8) is 0 Å². The van der Waals surface area contributed by atoms with Crippen LogP contribution in [0, 0.1) is 0 Å². The van der Waals surface area contributed by atoms with E-state index in [4.69, 9.17) is 9.47 Å². The van der Waals surface area contributed by atoms with Crippen molar-refractivity contribution in [1.29, 1.82) is 0 Å². The standard InChI is InChI=1S/C10H21NO2/c1-11-7-9(12-2)5-4-6-10(8-11)13-3/h9-10H,4-8H2,1-3H3. The summed E-state index contributed by atoms with van der Waals surface area (Å²) >= 11 is 0. The fourth-order valence-corrected chi connectivity index (χ4v) is 1.91. The van der Waals surface area contributed by atoms with Gasteiger partial charge in [0.15, 0.2) is 0 Å². The van der Waals surface area contributed by atoms with Crippen LogP contribution in [0.15, 0.2) is 0 Å². The first-order chi connectivity index (χ1) is 6.26. The van der Waals surface area contributed by atoms with E-state index < -0.39 is 0 Å². The fraction of sp³-hybridized carbons (Fsp3) is 1.00. The molecule has 1 rings (SSSR count). The Bertz CT molecular complexity index is 127. The van der Waals surface area contributed by atoms with Gasteiger partial charge in [-0.2, -0.15) is 0 Å². The van der Waals surface area contributed by atoms with Crippen LogP contribution >= 0.6 is 0 Å². The third kappa shape index (κ3) is 3.63. The van der Waals surface area contributed by atoms with Gasteiger partial charge in [0, 0.05) is 27.3 Å². The molecule has 0 aromatic heterocycles. The Hall–Kier alpha value is -0.120. The minimum Gasteiger partial charge on any atom is -0.380 e. The highest BCUT2D eigenvalue weighted by Crippen LogP contribution is 2.14. The van der Waals surface area contributed by atoms with E-state index in [0.717, 1.165) is 25.9 Å². The van der Waals surface area contributed by atoms with Crippen LogP contribution in [0.5, 0.6) is 0 Å². The second-order valence-corrected chi connectivity index (χ2v) is 3.87. The van der Waals surface area contributed by atoms with Gasteiger partial charge in [-0.3, -0.25) is 0 Å². The zero-order chi connectivity index (χ0) is 9.68. The largest absolute Gasteiger partial charge is 0.380 e. The van der Waals surface area contributed by atoms with Crippen molar-refractivity contribution in [1.82, 2.24) is 4.90 Å². The molecule has 0 saturated carbocycles. The highest BCUT2D eigenvalue weighted by molar-refractivity contribution is 4.72. The summed E-state index contributed by atoms with van der Waals surface area (Å²) in [5, 5.41) is 0. The molecule has 1 heterocycles. The molecule has 0 aromatic carbocycles. The Balaban J connectivity index is 2.38. The van der Waals surface area contributed by atoms with Gasteiger partial charge in [-0.1, -0.05) is 0 Å². The molecule has 0 N–H and O–H groups in total. The first-order valence-corrected chi connectivity index (χ1v) is 5.00. The molecular weight excluding hydrogens is 166 g/mol. The number of methoxy groups -OCH3 is 2. The molecule has 0 aliphatic carbocycles. The molecule has 0 spiro atoms. The molecule has 0 aromatic rings.